The lowest BCUT2D eigenvalue weighted by Crippen LogP contribution is -2.15. The largest absolute Gasteiger partial charge is 0.416 e. The Kier molecular flexibility index (Phi) is 4.75. The zero-order valence-electron chi connectivity index (χ0n) is 15.2. The van der Waals surface area contributed by atoms with Crippen molar-refractivity contribution in [1.82, 2.24) is 15.0 Å². The highest BCUT2D eigenvalue weighted by Gasteiger charge is 2.33. The number of anilines is 1. The molecule has 0 radical (unpaired) electrons. The van der Waals surface area contributed by atoms with E-state index in [1.54, 1.807) is 26.8 Å². The highest BCUT2D eigenvalue weighted by molar-refractivity contribution is 5.90. The number of rotatable bonds is 3. The maximum Gasteiger partial charge on any atom is 0.416 e. The number of hydrogen-bond donors (Lipinski definition) is 1. The second-order valence-electron chi connectivity index (χ2n) is 6.43. The fourth-order valence-electron chi connectivity index (χ4n) is 3.18. The average Bonchev–Trinajstić information content (AvgIpc) is 2.55. The summed E-state index contributed by atoms with van der Waals surface area (Å²) in [5.41, 5.74) is 0.869. The van der Waals surface area contributed by atoms with Gasteiger partial charge in [0.2, 0.25) is 5.95 Å². The van der Waals surface area contributed by atoms with E-state index in [9.17, 15) is 17.6 Å². The number of nitrogens with zero attached hydrogens (tertiary/aromatic N) is 3. The molecule has 0 aliphatic carbocycles. The molecule has 0 saturated carbocycles. The summed E-state index contributed by atoms with van der Waals surface area (Å²) in [7, 11) is 0. The third-order valence-corrected chi connectivity index (χ3v) is 4.44. The predicted octanol–water partition coefficient (Wildman–Crippen LogP) is 5.28. The highest BCUT2D eigenvalue weighted by Crippen LogP contribution is 2.35. The Labute approximate surface area is 153 Å². The molecule has 2 heterocycles. The van der Waals surface area contributed by atoms with Crippen LogP contribution in [0.25, 0.3) is 10.9 Å². The van der Waals surface area contributed by atoms with Gasteiger partial charge in [-0.15, -0.1) is 0 Å². The van der Waals surface area contributed by atoms with Crippen LogP contribution in [0.15, 0.2) is 24.3 Å². The summed E-state index contributed by atoms with van der Waals surface area (Å²) in [6.45, 7) is 6.50. The van der Waals surface area contributed by atoms with Crippen LogP contribution in [-0.2, 0) is 6.18 Å². The maximum absolute atomic E-state index is 13.8. The van der Waals surface area contributed by atoms with Gasteiger partial charge in [-0.1, -0.05) is 12.1 Å². The first-order chi connectivity index (χ1) is 12.6. The Morgan fingerprint density at radius 1 is 1.04 bits per heavy atom. The van der Waals surface area contributed by atoms with Crippen LogP contribution in [0.1, 0.15) is 41.2 Å². The topological polar surface area (TPSA) is 50.7 Å². The van der Waals surface area contributed by atoms with Gasteiger partial charge in [-0.2, -0.15) is 17.6 Å². The maximum atomic E-state index is 13.8. The van der Waals surface area contributed by atoms with E-state index in [4.69, 9.17) is 0 Å². The first-order valence-corrected chi connectivity index (χ1v) is 8.32. The van der Waals surface area contributed by atoms with Crippen LogP contribution in [0.2, 0.25) is 0 Å². The molecule has 0 amide bonds. The normalized spacial score (nSPS) is 13.0. The van der Waals surface area contributed by atoms with E-state index in [-0.39, 0.29) is 5.56 Å². The number of pyridine rings is 1. The van der Waals surface area contributed by atoms with Gasteiger partial charge in [0.25, 0.3) is 0 Å². The van der Waals surface area contributed by atoms with Gasteiger partial charge in [0.1, 0.15) is 11.6 Å². The molecule has 2 aromatic heterocycles. The van der Waals surface area contributed by atoms with E-state index < -0.39 is 23.7 Å². The van der Waals surface area contributed by atoms with Crippen molar-refractivity contribution in [2.24, 2.45) is 0 Å². The molecule has 0 aliphatic rings. The van der Waals surface area contributed by atoms with Crippen molar-refractivity contribution in [2.75, 3.05) is 5.32 Å². The van der Waals surface area contributed by atoms with E-state index in [0.717, 1.165) is 6.07 Å². The average molecular weight is 378 g/mol. The highest BCUT2D eigenvalue weighted by atomic mass is 19.4. The minimum Gasteiger partial charge on any atom is -0.363 e. The summed E-state index contributed by atoms with van der Waals surface area (Å²) in [6, 6.07) is 4.80. The molecule has 1 aromatic carbocycles. The molecule has 0 spiro atoms. The number of benzene rings is 1. The minimum atomic E-state index is -4.43. The van der Waals surface area contributed by atoms with Crippen LogP contribution in [0.3, 0.4) is 0 Å². The van der Waals surface area contributed by atoms with Gasteiger partial charge in [-0.05, 0) is 44.9 Å². The van der Waals surface area contributed by atoms with Crippen LogP contribution in [-0.4, -0.2) is 15.0 Å². The molecule has 27 heavy (non-hydrogen) atoms. The van der Waals surface area contributed by atoms with E-state index in [0.29, 0.717) is 33.8 Å². The molecule has 0 bridgehead atoms. The molecular formula is C19H18F4N4. The molecule has 8 heteroatoms. The number of halogens is 4. The fraction of sp³-hybridized carbons (Fsp3) is 0.316. The third-order valence-electron chi connectivity index (χ3n) is 4.44. The number of hydrogen-bond acceptors (Lipinski definition) is 4. The van der Waals surface area contributed by atoms with Gasteiger partial charge < -0.3 is 5.32 Å². The van der Waals surface area contributed by atoms with Crippen LogP contribution >= 0.6 is 0 Å². The molecule has 0 aliphatic heterocycles. The lowest BCUT2D eigenvalue weighted by molar-refractivity contribution is -0.138. The second-order valence-corrected chi connectivity index (χ2v) is 6.43. The zero-order valence-corrected chi connectivity index (χ0v) is 15.2. The molecular weight excluding hydrogens is 360 g/mol. The molecule has 3 rings (SSSR count). The monoisotopic (exact) mass is 378 g/mol. The van der Waals surface area contributed by atoms with Crippen molar-refractivity contribution in [3.05, 3.63) is 58.4 Å². The number of aryl methyl sites for hydroxylation is 2. The minimum absolute atomic E-state index is 0.143. The number of alkyl halides is 3. The molecule has 0 fully saturated rings. The Hall–Kier alpha value is -2.77. The van der Waals surface area contributed by atoms with E-state index in [2.05, 4.69) is 20.3 Å². The fourth-order valence-corrected chi connectivity index (χ4v) is 3.18. The molecule has 1 atom stereocenters. The van der Waals surface area contributed by atoms with E-state index >= 15 is 0 Å². The summed E-state index contributed by atoms with van der Waals surface area (Å²) in [6.07, 6.45) is -4.43. The van der Waals surface area contributed by atoms with Gasteiger partial charge in [-0.25, -0.2) is 15.0 Å². The molecule has 142 valence electrons. The smallest absolute Gasteiger partial charge is 0.363 e. The van der Waals surface area contributed by atoms with Crippen LogP contribution in [0, 0.1) is 26.7 Å². The Bertz CT molecular complexity index is 1010. The molecule has 4 nitrogen and oxygen atoms in total. The van der Waals surface area contributed by atoms with Crippen molar-refractivity contribution in [2.45, 2.75) is 39.9 Å². The van der Waals surface area contributed by atoms with Crippen molar-refractivity contribution in [3.8, 4) is 0 Å². The number of aromatic nitrogens is 3. The molecule has 0 unspecified atom stereocenters. The van der Waals surface area contributed by atoms with Gasteiger partial charge in [0.05, 0.1) is 22.8 Å². The Morgan fingerprint density at radius 2 is 1.74 bits per heavy atom. The first-order valence-electron chi connectivity index (χ1n) is 8.32. The summed E-state index contributed by atoms with van der Waals surface area (Å²) in [5, 5.41) is 3.54. The summed E-state index contributed by atoms with van der Waals surface area (Å²) in [5.74, 6) is 0.138. The van der Waals surface area contributed by atoms with Crippen molar-refractivity contribution in [3.63, 3.8) is 0 Å². The van der Waals surface area contributed by atoms with Gasteiger partial charge in [0.15, 0.2) is 0 Å². The SMILES string of the molecule is Cc1nc(N[C@H](C)c2cccc(C(F)(F)F)c2C)c2cc(F)nc(C)c2n1. The first kappa shape index (κ1) is 19.0. The van der Waals surface area contributed by atoms with Crippen LogP contribution in [0.4, 0.5) is 23.4 Å². The van der Waals surface area contributed by atoms with Crippen molar-refractivity contribution < 1.29 is 17.6 Å². The number of fused-ring (bicyclic) bond motifs is 1. The van der Waals surface area contributed by atoms with E-state index in [1.807, 2.05) is 0 Å². The number of nitrogens with one attached hydrogen (secondary N) is 1. The van der Waals surface area contributed by atoms with Crippen LogP contribution in [0.5, 0.6) is 0 Å². The molecule has 1 N–H and O–H groups in total. The quantitative estimate of drug-likeness (QED) is 0.498. The molecule has 3 aromatic rings. The van der Waals surface area contributed by atoms with E-state index in [1.165, 1.54) is 19.1 Å². The Morgan fingerprint density at radius 3 is 2.41 bits per heavy atom. The zero-order chi connectivity index (χ0) is 19.9. The standard InChI is InChI=1S/C19H18F4N4/c1-9-13(6-5-7-15(9)19(21,22)23)10(2)25-18-14-8-16(20)24-11(3)17(14)26-12(4)27-18/h5-8,10H,1-4H3,(H,25,26,27)/t10-/m1/s1. The Balaban J connectivity index is 2.06. The second kappa shape index (κ2) is 6.75. The van der Waals surface area contributed by atoms with Crippen molar-refractivity contribution in [1.29, 1.82) is 0 Å². The van der Waals surface area contributed by atoms with Gasteiger partial charge in [-0.3, -0.25) is 0 Å². The third kappa shape index (κ3) is 3.70. The molecule has 0 saturated heterocycles. The van der Waals surface area contributed by atoms with Crippen molar-refractivity contribution >= 4 is 16.7 Å². The lowest BCUT2D eigenvalue weighted by atomic mass is 9.97. The lowest BCUT2D eigenvalue weighted by Gasteiger charge is -2.21. The predicted molar refractivity (Wildman–Crippen MR) is 95.0 cm³/mol. The van der Waals surface area contributed by atoms with Gasteiger partial charge >= 0.3 is 6.18 Å². The van der Waals surface area contributed by atoms with Gasteiger partial charge in [0, 0.05) is 11.5 Å². The summed E-state index contributed by atoms with van der Waals surface area (Å²) >= 11 is 0. The summed E-state index contributed by atoms with van der Waals surface area (Å²) < 4.78 is 53.3. The summed E-state index contributed by atoms with van der Waals surface area (Å²) in [4.78, 5) is 12.4. The van der Waals surface area contributed by atoms with Crippen LogP contribution < -0.4 is 5.32 Å².